The van der Waals surface area contributed by atoms with E-state index in [1.54, 1.807) is 18.2 Å². The summed E-state index contributed by atoms with van der Waals surface area (Å²) in [5.41, 5.74) is 0.886. The van der Waals surface area contributed by atoms with Crippen molar-refractivity contribution in [2.24, 2.45) is 10.9 Å². The van der Waals surface area contributed by atoms with Gasteiger partial charge in [-0.25, -0.2) is 9.78 Å². The summed E-state index contributed by atoms with van der Waals surface area (Å²) in [6, 6.07) is 8.28. The van der Waals surface area contributed by atoms with Crippen molar-refractivity contribution < 1.29 is 14.7 Å². The minimum absolute atomic E-state index is 0.0298. The highest BCUT2D eigenvalue weighted by Gasteiger charge is 2.32. The number of carboxylic acid groups (broad SMARTS) is 1. The van der Waals surface area contributed by atoms with Crippen molar-refractivity contribution in [1.29, 1.82) is 0 Å². The van der Waals surface area contributed by atoms with Gasteiger partial charge < -0.3 is 10.4 Å². The fourth-order valence-electron chi connectivity index (χ4n) is 2.45. The van der Waals surface area contributed by atoms with Crippen LogP contribution in [0.3, 0.4) is 0 Å². The first-order chi connectivity index (χ1) is 10.5. The smallest absolute Gasteiger partial charge is 0.338 e. The number of nitrogens with zero attached hydrogens (tertiary/aromatic N) is 2. The van der Waals surface area contributed by atoms with Crippen LogP contribution in [0.1, 0.15) is 29.9 Å². The summed E-state index contributed by atoms with van der Waals surface area (Å²) in [6.45, 7) is 3.78. The molecule has 1 amide bonds. The van der Waals surface area contributed by atoms with Gasteiger partial charge in [0.15, 0.2) is 5.84 Å². The molecule has 1 atom stereocenters. The van der Waals surface area contributed by atoms with Gasteiger partial charge in [-0.05, 0) is 18.1 Å². The minimum Gasteiger partial charge on any atom is -0.478 e. The summed E-state index contributed by atoms with van der Waals surface area (Å²) in [5, 5.41) is 12.8. The van der Waals surface area contributed by atoms with Gasteiger partial charge in [0, 0.05) is 5.39 Å². The summed E-state index contributed by atoms with van der Waals surface area (Å²) in [6.07, 6.45) is 0. The zero-order valence-electron chi connectivity index (χ0n) is 12.2. The SMILES string of the molecule is CC(C)C1N=C(c2nc3ccccc3cc2C(=O)O)NC1=O. The predicted molar refractivity (Wildman–Crippen MR) is 82.0 cm³/mol. The first-order valence-corrected chi connectivity index (χ1v) is 6.99. The Morgan fingerprint density at radius 3 is 2.68 bits per heavy atom. The molecule has 0 saturated carbocycles. The predicted octanol–water partition coefficient (Wildman–Crippen LogP) is 1.83. The molecule has 6 nitrogen and oxygen atoms in total. The zero-order valence-corrected chi connectivity index (χ0v) is 12.2. The van der Waals surface area contributed by atoms with E-state index in [0.29, 0.717) is 5.52 Å². The minimum atomic E-state index is -1.10. The summed E-state index contributed by atoms with van der Waals surface area (Å²) in [5.74, 6) is -1.06. The van der Waals surface area contributed by atoms with E-state index in [9.17, 15) is 14.7 Å². The molecule has 0 aliphatic carbocycles. The fraction of sp³-hybridized carbons (Fsp3) is 0.250. The van der Waals surface area contributed by atoms with Gasteiger partial charge in [-0.3, -0.25) is 9.79 Å². The number of carboxylic acids is 1. The van der Waals surface area contributed by atoms with E-state index in [4.69, 9.17) is 0 Å². The van der Waals surface area contributed by atoms with E-state index in [-0.39, 0.29) is 28.9 Å². The highest BCUT2D eigenvalue weighted by Crippen LogP contribution is 2.20. The molecule has 1 aromatic carbocycles. The maximum Gasteiger partial charge on any atom is 0.338 e. The summed E-state index contributed by atoms with van der Waals surface area (Å²) >= 11 is 0. The number of rotatable bonds is 3. The van der Waals surface area contributed by atoms with Crippen molar-refractivity contribution in [2.75, 3.05) is 0 Å². The van der Waals surface area contributed by atoms with Gasteiger partial charge in [0.25, 0.3) is 5.91 Å². The number of carbonyl (C=O) groups is 2. The molecule has 0 fully saturated rings. The van der Waals surface area contributed by atoms with E-state index in [1.807, 2.05) is 26.0 Å². The number of aromatic nitrogens is 1. The first-order valence-electron chi connectivity index (χ1n) is 6.99. The Bertz CT molecular complexity index is 811. The Morgan fingerprint density at radius 2 is 2.05 bits per heavy atom. The monoisotopic (exact) mass is 297 g/mol. The van der Waals surface area contributed by atoms with Crippen LogP contribution in [0.4, 0.5) is 0 Å². The number of amides is 1. The number of aliphatic imine (C=N–C) groups is 1. The molecular formula is C16H15N3O3. The first kappa shape index (κ1) is 14.2. The highest BCUT2D eigenvalue weighted by molar-refractivity contribution is 6.17. The summed E-state index contributed by atoms with van der Waals surface area (Å²) < 4.78 is 0. The van der Waals surface area contributed by atoms with Crippen LogP contribution < -0.4 is 5.32 Å². The van der Waals surface area contributed by atoms with Gasteiger partial charge in [-0.15, -0.1) is 0 Å². The largest absolute Gasteiger partial charge is 0.478 e. The molecule has 2 N–H and O–H groups in total. The molecule has 2 aromatic rings. The maximum atomic E-state index is 11.9. The van der Waals surface area contributed by atoms with Gasteiger partial charge >= 0.3 is 5.97 Å². The van der Waals surface area contributed by atoms with Crippen molar-refractivity contribution >= 4 is 28.6 Å². The van der Waals surface area contributed by atoms with Crippen molar-refractivity contribution in [3.05, 3.63) is 41.6 Å². The average Bonchev–Trinajstić information content (AvgIpc) is 2.88. The molecule has 2 heterocycles. The number of amidine groups is 1. The van der Waals surface area contributed by atoms with Crippen molar-refractivity contribution in [3.63, 3.8) is 0 Å². The Labute approximate surface area is 126 Å². The molecule has 0 spiro atoms. The number of aromatic carboxylic acids is 1. The normalized spacial score (nSPS) is 17.7. The number of fused-ring (bicyclic) bond motifs is 1. The van der Waals surface area contributed by atoms with Crippen LogP contribution in [-0.4, -0.2) is 33.8 Å². The molecule has 0 bridgehead atoms. The van der Waals surface area contributed by atoms with E-state index in [1.165, 1.54) is 0 Å². The number of hydrogen-bond acceptors (Lipinski definition) is 4. The lowest BCUT2D eigenvalue weighted by Gasteiger charge is -2.07. The summed E-state index contributed by atoms with van der Waals surface area (Å²) in [4.78, 5) is 32.2. The zero-order chi connectivity index (χ0) is 15.9. The van der Waals surface area contributed by atoms with Crippen LogP contribution in [0.5, 0.6) is 0 Å². The van der Waals surface area contributed by atoms with Crippen LogP contribution in [0, 0.1) is 5.92 Å². The van der Waals surface area contributed by atoms with Crippen molar-refractivity contribution in [3.8, 4) is 0 Å². The molecule has 22 heavy (non-hydrogen) atoms. The fourth-order valence-corrected chi connectivity index (χ4v) is 2.45. The molecule has 3 rings (SSSR count). The Balaban J connectivity index is 2.17. The standard InChI is InChI=1S/C16H15N3O3/c1-8(2)12-15(20)19-14(18-12)13-10(16(21)22)7-9-5-3-4-6-11(9)17-13/h3-8,12H,1-2H3,(H,21,22)(H,18,19,20). The van der Waals surface area contributed by atoms with Crippen LogP contribution >= 0.6 is 0 Å². The maximum absolute atomic E-state index is 11.9. The number of hydrogen-bond donors (Lipinski definition) is 2. The van der Waals surface area contributed by atoms with Crippen LogP contribution in [0.2, 0.25) is 0 Å². The number of carbonyl (C=O) groups excluding carboxylic acids is 1. The lowest BCUT2D eigenvalue weighted by atomic mass is 10.1. The number of pyridine rings is 1. The lowest BCUT2D eigenvalue weighted by Crippen LogP contribution is -2.32. The molecule has 1 aliphatic rings. The number of para-hydroxylation sites is 1. The Kier molecular flexibility index (Phi) is 3.36. The Morgan fingerprint density at radius 1 is 1.32 bits per heavy atom. The average molecular weight is 297 g/mol. The second kappa shape index (κ2) is 5.22. The third-order valence-corrected chi connectivity index (χ3v) is 3.59. The van der Waals surface area contributed by atoms with Crippen LogP contribution in [-0.2, 0) is 4.79 Å². The Hall–Kier alpha value is -2.76. The molecule has 6 heteroatoms. The third-order valence-electron chi connectivity index (χ3n) is 3.59. The highest BCUT2D eigenvalue weighted by atomic mass is 16.4. The van der Waals surface area contributed by atoms with E-state index in [0.717, 1.165) is 5.39 Å². The second-order valence-electron chi connectivity index (χ2n) is 5.54. The van der Waals surface area contributed by atoms with Crippen molar-refractivity contribution in [2.45, 2.75) is 19.9 Å². The van der Waals surface area contributed by atoms with Crippen molar-refractivity contribution in [1.82, 2.24) is 10.3 Å². The number of benzene rings is 1. The third kappa shape index (κ3) is 2.32. The van der Waals surface area contributed by atoms with Gasteiger partial charge in [-0.1, -0.05) is 32.0 Å². The number of nitrogens with one attached hydrogen (secondary N) is 1. The van der Waals surface area contributed by atoms with E-state index in [2.05, 4.69) is 15.3 Å². The molecule has 112 valence electrons. The molecule has 0 saturated heterocycles. The van der Waals surface area contributed by atoms with Gasteiger partial charge in [0.1, 0.15) is 11.7 Å². The molecule has 0 radical (unpaired) electrons. The molecule has 1 unspecified atom stereocenters. The molecule has 1 aromatic heterocycles. The summed E-state index contributed by atoms with van der Waals surface area (Å²) in [7, 11) is 0. The molecular weight excluding hydrogens is 282 g/mol. The van der Waals surface area contributed by atoms with Gasteiger partial charge in [-0.2, -0.15) is 0 Å². The second-order valence-corrected chi connectivity index (χ2v) is 5.54. The molecule has 1 aliphatic heterocycles. The lowest BCUT2D eigenvalue weighted by molar-refractivity contribution is -0.120. The van der Waals surface area contributed by atoms with Crippen LogP contribution in [0.15, 0.2) is 35.3 Å². The van der Waals surface area contributed by atoms with Gasteiger partial charge in [0.05, 0.1) is 11.1 Å². The topological polar surface area (TPSA) is 91.7 Å². The quantitative estimate of drug-likeness (QED) is 0.904. The van der Waals surface area contributed by atoms with E-state index < -0.39 is 12.0 Å². The van der Waals surface area contributed by atoms with Gasteiger partial charge in [0.2, 0.25) is 0 Å². The van der Waals surface area contributed by atoms with Crippen LogP contribution in [0.25, 0.3) is 10.9 Å². The van der Waals surface area contributed by atoms with E-state index >= 15 is 0 Å².